The van der Waals surface area contributed by atoms with E-state index in [2.05, 4.69) is 41.4 Å². The van der Waals surface area contributed by atoms with Crippen LogP contribution in [0.5, 0.6) is 0 Å². The molecule has 4 heteroatoms. The fourth-order valence-corrected chi connectivity index (χ4v) is 3.06. The number of nitrogens with zero attached hydrogens (tertiary/aromatic N) is 2. The van der Waals surface area contributed by atoms with E-state index in [9.17, 15) is 4.79 Å². The van der Waals surface area contributed by atoms with Crippen molar-refractivity contribution in [3.8, 4) is 11.1 Å². The Morgan fingerprint density at radius 2 is 1.83 bits per heavy atom. The molecular formula is C20H23N3O. The number of aryl methyl sites for hydroxylation is 1. The van der Waals surface area contributed by atoms with Crippen molar-refractivity contribution >= 4 is 11.9 Å². The van der Waals surface area contributed by atoms with Gasteiger partial charge in [0.15, 0.2) is 5.96 Å². The summed E-state index contributed by atoms with van der Waals surface area (Å²) < 4.78 is 0. The second-order valence-electron chi connectivity index (χ2n) is 6.66. The molecule has 0 saturated heterocycles. The molecule has 124 valence electrons. The second kappa shape index (κ2) is 6.48. The maximum atomic E-state index is 12.0. The lowest BCUT2D eigenvalue weighted by molar-refractivity contribution is -0.128. The molecule has 0 unspecified atom stereocenters. The zero-order chi connectivity index (χ0) is 17.2. The average molecular weight is 321 g/mol. The van der Waals surface area contributed by atoms with E-state index in [0.717, 1.165) is 12.8 Å². The third-order valence-electron chi connectivity index (χ3n) is 4.62. The van der Waals surface area contributed by atoms with Crippen LogP contribution in [0.2, 0.25) is 0 Å². The van der Waals surface area contributed by atoms with Crippen LogP contribution in [-0.4, -0.2) is 29.4 Å². The number of aliphatic imine (C=N–C) groups is 1. The Morgan fingerprint density at radius 3 is 2.54 bits per heavy atom. The molecule has 1 amide bonds. The molecule has 24 heavy (non-hydrogen) atoms. The molecule has 3 rings (SSSR count). The Balaban J connectivity index is 1.75. The summed E-state index contributed by atoms with van der Waals surface area (Å²) in [5, 5.41) is 0. The molecule has 0 aliphatic carbocycles. The molecule has 2 aromatic carbocycles. The number of amides is 1. The lowest BCUT2D eigenvalue weighted by atomic mass is 9.88. The SMILES string of the molecule is CN1C(=O)C[C@](C)(CCc2cccc(-c3ccccc3)c2)N=C1N. The highest BCUT2D eigenvalue weighted by atomic mass is 16.2. The number of benzene rings is 2. The normalized spacial score (nSPS) is 20.8. The van der Waals surface area contributed by atoms with Gasteiger partial charge in [-0.3, -0.25) is 9.69 Å². The number of rotatable bonds is 4. The van der Waals surface area contributed by atoms with Gasteiger partial charge in [0.05, 0.1) is 12.0 Å². The van der Waals surface area contributed by atoms with E-state index in [0.29, 0.717) is 12.4 Å². The molecule has 0 saturated carbocycles. The Bertz CT molecular complexity index is 769. The Hall–Kier alpha value is -2.62. The molecule has 4 nitrogen and oxygen atoms in total. The molecule has 0 spiro atoms. The first-order valence-corrected chi connectivity index (χ1v) is 8.23. The summed E-state index contributed by atoms with van der Waals surface area (Å²) in [5.74, 6) is 0.342. The summed E-state index contributed by atoms with van der Waals surface area (Å²) in [5.41, 5.74) is 9.12. The van der Waals surface area contributed by atoms with Gasteiger partial charge in [0.1, 0.15) is 0 Å². The lowest BCUT2D eigenvalue weighted by Crippen LogP contribution is -2.48. The highest BCUT2D eigenvalue weighted by Crippen LogP contribution is 2.28. The first-order chi connectivity index (χ1) is 11.5. The minimum atomic E-state index is -0.420. The van der Waals surface area contributed by atoms with Gasteiger partial charge in [-0.2, -0.15) is 0 Å². The third-order valence-corrected chi connectivity index (χ3v) is 4.62. The highest BCUT2D eigenvalue weighted by Gasteiger charge is 2.34. The summed E-state index contributed by atoms with van der Waals surface area (Å²) >= 11 is 0. The fraction of sp³-hybridized carbons (Fsp3) is 0.300. The Morgan fingerprint density at radius 1 is 1.12 bits per heavy atom. The van der Waals surface area contributed by atoms with Crippen molar-refractivity contribution in [2.24, 2.45) is 10.7 Å². The lowest BCUT2D eigenvalue weighted by Gasteiger charge is -2.33. The molecule has 1 heterocycles. The zero-order valence-electron chi connectivity index (χ0n) is 14.2. The first-order valence-electron chi connectivity index (χ1n) is 8.23. The fourth-order valence-electron chi connectivity index (χ4n) is 3.06. The Kier molecular flexibility index (Phi) is 4.38. The van der Waals surface area contributed by atoms with Crippen LogP contribution in [0.15, 0.2) is 59.6 Å². The minimum absolute atomic E-state index is 0.0306. The summed E-state index contributed by atoms with van der Waals surface area (Å²) in [6, 6.07) is 18.9. The molecule has 1 atom stereocenters. The van der Waals surface area contributed by atoms with Crippen LogP contribution in [0.25, 0.3) is 11.1 Å². The van der Waals surface area contributed by atoms with Crippen molar-refractivity contribution in [1.82, 2.24) is 4.90 Å². The van der Waals surface area contributed by atoms with Gasteiger partial charge < -0.3 is 5.73 Å². The first kappa shape index (κ1) is 16.2. The molecule has 2 N–H and O–H groups in total. The molecule has 0 fully saturated rings. The molecular weight excluding hydrogens is 298 g/mol. The third kappa shape index (κ3) is 3.48. The summed E-state index contributed by atoms with van der Waals surface area (Å²) in [7, 11) is 1.67. The van der Waals surface area contributed by atoms with Crippen molar-refractivity contribution in [3.63, 3.8) is 0 Å². The van der Waals surface area contributed by atoms with Crippen molar-refractivity contribution < 1.29 is 4.79 Å². The van der Waals surface area contributed by atoms with Crippen LogP contribution in [0.1, 0.15) is 25.3 Å². The maximum absolute atomic E-state index is 12.0. The van der Waals surface area contributed by atoms with Crippen LogP contribution >= 0.6 is 0 Å². The van der Waals surface area contributed by atoms with Gasteiger partial charge in [0.2, 0.25) is 5.91 Å². The number of hydrogen-bond acceptors (Lipinski definition) is 3. The molecule has 2 aromatic rings. The van der Waals surface area contributed by atoms with Crippen LogP contribution in [-0.2, 0) is 11.2 Å². The van der Waals surface area contributed by atoms with Crippen LogP contribution < -0.4 is 5.73 Å². The minimum Gasteiger partial charge on any atom is -0.369 e. The van der Waals surface area contributed by atoms with Crippen LogP contribution in [0.4, 0.5) is 0 Å². The number of guanidine groups is 1. The van der Waals surface area contributed by atoms with E-state index in [4.69, 9.17) is 5.73 Å². The predicted molar refractivity (Wildman–Crippen MR) is 97.6 cm³/mol. The molecule has 0 bridgehead atoms. The standard InChI is InChI=1S/C20H23N3O/c1-20(14-18(24)23(2)19(21)22-20)12-11-15-7-6-10-17(13-15)16-8-4-3-5-9-16/h3-10,13H,11-12,14H2,1-2H3,(H2,21,22)/t20-/m0/s1. The van der Waals surface area contributed by atoms with Crippen molar-refractivity contribution in [3.05, 3.63) is 60.2 Å². The molecule has 1 aliphatic heterocycles. The quantitative estimate of drug-likeness (QED) is 0.940. The number of hydrogen-bond donors (Lipinski definition) is 1. The van der Waals surface area contributed by atoms with Gasteiger partial charge in [-0.05, 0) is 36.5 Å². The second-order valence-corrected chi connectivity index (χ2v) is 6.66. The van der Waals surface area contributed by atoms with E-state index in [1.54, 1.807) is 7.05 Å². The van der Waals surface area contributed by atoms with E-state index < -0.39 is 5.54 Å². The number of carbonyl (C=O) groups excluding carboxylic acids is 1. The van der Waals surface area contributed by atoms with Crippen LogP contribution in [0.3, 0.4) is 0 Å². The van der Waals surface area contributed by atoms with Gasteiger partial charge in [0.25, 0.3) is 0 Å². The molecule has 0 radical (unpaired) electrons. The zero-order valence-corrected chi connectivity index (χ0v) is 14.2. The van der Waals surface area contributed by atoms with Crippen molar-refractivity contribution in [1.29, 1.82) is 0 Å². The van der Waals surface area contributed by atoms with Gasteiger partial charge >= 0.3 is 0 Å². The predicted octanol–water partition coefficient (Wildman–Crippen LogP) is 3.22. The topological polar surface area (TPSA) is 58.7 Å². The smallest absolute Gasteiger partial charge is 0.231 e. The summed E-state index contributed by atoms with van der Waals surface area (Å²) in [6.07, 6.45) is 2.07. The maximum Gasteiger partial charge on any atom is 0.231 e. The van der Waals surface area contributed by atoms with E-state index in [1.807, 2.05) is 25.1 Å². The van der Waals surface area contributed by atoms with Gasteiger partial charge in [-0.25, -0.2) is 4.99 Å². The molecule has 0 aromatic heterocycles. The van der Waals surface area contributed by atoms with E-state index in [-0.39, 0.29) is 5.91 Å². The number of carbonyl (C=O) groups is 1. The van der Waals surface area contributed by atoms with Gasteiger partial charge in [0, 0.05) is 7.05 Å². The number of nitrogens with two attached hydrogens (primary N) is 1. The largest absolute Gasteiger partial charge is 0.369 e. The van der Waals surface area contributed by atoms with E-state index in [1.165, 1.54) is 21.6 Å². The monoisotopic (exact) mass is 321 g/mol. The Labute approximate surface area is 143 Å². The summed E-state index contributed by atoms with van der Waals surface area (Å²) in [6.45, 7) is 2.01. The molecule has 1 aliphatic rings. The summed E-state index contributed by atoms with van der Waals surface area (Å²) in [4.78, 5) is 18.0. The van der Waals surface area contributed by atoms with Gasteiger partial charge in [-0.15, -0.1) is 0 Å². The van der Waals surface area contributed by atoms with E-state index >= 15 is 0 Å². The van der Waals surface area contributed by atoms with Crippen molar-refractivity contribution in [2.45, 2.75) is 31.7 Å². The van der Waals surface area contributed by atoms with Crippen LogP contribution in [0, 0.1) is 0 Å². The van der Waals surface area contributed by atoms with Gasteiger partial charge in [-0.1, -0.05) is 54.6 Å². The van der Waals surface area contributed by atoms with Crippen molar-refractivity contribution in [2.75, 3.05) is 7.05 Å². The average Bonchev–Trinajstić information content (AvgIpc) is 2.59. The highest BCUT2D eigenvalue weighted by molar-refractivity contribution is 5.98.